The molecule has 0 saturated carbocycles. The van der Waals surface area contributed by atoms with Gasteiger partial charge in [0.15, 0.2) is 5.75 Å². The lowest BCUT2D eigenvalue weighted by Gasteiger charge is -2.10. The maximum Gasteiger partial charge on any atom is 0.276 e. The number of amides is 1. The first-order chi connectivity index (χ1) is 13.2. The molecule has 0 atom stereocenters. The number of fused-ring (bicyclic) bond motifs is 2. The van der Waals surface area contributed by atoms with Crippen LogP contribution in [0.15, 0.2) is 71.7 Å². The summed E-state index contributed by atoms with van der Waals surface area (Å²) in [5.41, 5.74) is 5.57. The number of hydrogen-bond acceptors (Lipinski definition) is 5. The Balaban J connectivity index is 1.82. The van der Waals surface area contributed by atoms with Crippen LogP contribution >= 0.6 is 11.6 Å². The minimum Gasteiger partial charge on any atom is -0.454 e. The Morgan fingerprint density at radius 2 is 1.81 bits per heavy atom. The lowest BCUT2D eigenvalue weighted by molar-refractivity contribution is 0.0310. The Morgan fingerprint density at radius 1 is 1.04 bits per heavy atom. The fourth-order valence-electron chi connectivity index (χ4n) is 2.82. The molecule has 7 heteroatoms. The van der Waals surface area contributed by atoms with Crippen LogP contribution in [0.2, 0.25) is 5.02 Å². The Morgan fingerprint density at radius 3 is 2.59 bits per heavy atom. The van der Waals surface area contributed by atoms with Crippen molar-refractivity contribution in [1.29, 1.82) is 0 Å². The van der Waals surface area contributed by atoms with Crippen molar-refractivity contribution in [3.8, 4) is 11.5 Å². The standard InChI is InChI=1S/C20H14ClN3O3/c21-14-9-10-16-18(11-14)26-17-4-2-1-3-15(17)19(23-16)12-5-7-13(8-6-12)20(25)24-27-22/h1-11H,22H2,(H,24,25). The minimum absolute atomic E-state index is 0.412. The molecule has 1 heterocycles. The minimum atomic E-state index is -0.435. The maximum atomic E-state index is 11.8. The molecule has 1 aliphatic heterocycles. The van der Waals surface area contributed by atoms with E-state index in [0.717, 1.165) is 16.8 Å². The van der Waals surface area contributed by atoms with Gasteiger partial charge in [-0.05, 0) is 36.4 Å². The number of rotatable bonds is 3. The SMILES string of the molecule is NONC(=O)c1ccc(C2=Nc3ccc(Cl)cc3Oc3ccccc32)cc1. The van der Waals surface area contributed by atoms with Crippen LogP contribution in [0.5, 0.6) is 11.5 Å². The number of benzene rings is 3. The predicted octanol–water partition coefficient (Wildman–Crippen LogP) is 4.15. The predicted molar refractivity (Wildman–Crippen MR) is 102 cm³/mol. The fourth-order valence-corrected chi connectivity index (χ4v) is 2.99. The van der Waals surface area contributed by atoms with Crippen molar-refractivity contribution in [2.45, 2.75) is 0 Å². The van der Waals surface area contributed by atoms with Crippen LogP contribution in [0.1, 0.15) is 21.5 Å². The number of nitrogens with two attached hydrogens (primary N) is 1. The van der Waals surface area contributed by atoms with Crippen LogP contribution in [-0.2, 0) is 4.94 Å². The van der Waals surface area contributed by atoms with E-state index in [0.29, 0.717) is 27.8 Å². The Bertz CT molecular complexity index is 1050. The van der Waals surface area contributed by atoms with E-state index in [-0.39, 0.29) is 0 Å². The molecule has 1 amide bonds. The fraction of sp³-hybridized carbons (Fsp3) is 0. The van der Waals surface area contributed by atoms with E-state index >= 15 is 0 Å². The number of aliphatic imine (C=N–C) groups is 1. The highest BCUT2D eigenvalue weighted by molar-refractivity contribution is 6.30. The average molecular weight is 380 g/mol. The molecule has 3 aromatic rings. The summed E-state index contributed by atoms with van der Waals surface area (Å²) in [6, 6.07) is 19.9. The summed E-state index contributed by atoms with van der Waals surface area (Å²) in [4.78, 5) is 20.8. The van der Waals surface area contributed by atoms with Gasteiger partial charge in [0.05, 0.1) is 5.71 Å². The smallest absolute Gasteiger partial charge is 0.276 e. The van der Waals surface area contributed by atoms with E-state index in [1.54, 1.807) is 24.3 Å². The maximum absolute atomic E-state index is 11.8. The second-order valence-electron chi connectivity index (χ2n) is 5.80. The van der Waals surface area contributed by atoms with Gasteiger partial charge in [0.25, 0.3) is 5.91 Å². The molecule has 0 saturated heterocycles. The largest absolute Gasteiger partial charge is 0.454 e. The number of para-hydroxylation sites is 1. The molecule has 0 unspecified atom stereocenters. The first kappa shape index (κ1) is 17.2. The van der Waals surface area contributed by atoms with Gasteiger partial charge in [-0.3, -0.25) is 4.79 Å². The zero-order valence-electron chi connectivity index (χ0n) is 14.0. The number of halogens is 1. The van der Waals surface area contributed by atoms with Gasteiger partial charge < -0.3 is 4.74 Å². The van der Waals surface area contributed by atoms with Crippen LogP contribution in [0.4, 0.5) is 5.69 Å². The number of hydrogen-bond donors (Lipinski definition) is 2. The molecule has 0 aliphatic carbocycles. The van der Waals surface area contributed by atoms with Gasteiger partial charge >= 0.3 is 0 Å². The third-order valence-electron chi connectivity index (χ3n) is 4.09. The van der Waals surface area contributed by atoms with Crippen molar-refractivity contribution in [3.05, 3.63) is 88.4 Å². The third-order valence-corrected chi connectivity index (χ3v) is 4.32. The van der Waals surface area contributed by atoms with E-state index in [1.807, 2.05) is 42.5 Å². The second-order valence-corrected chi connectivity index (χ2v) is 6.23. The average Bonchev–Trinajstić information content (AvgIpc) is 2.84. The van der Waals surface area contributed by atoms with Gasteiger partial charge in [0.2, 0.25) is 0 Å². The second kappa shape index (κ2) is 7.20. The van der Waals surface area contributed by atoms with E-state index in [4.69, 9.17) is 27.2 Å². The summed E-state index contributed by atoms with van der Waals surface area (Å²) in [5, 5.41) is 0.572. The van der Waals surface area contributed by atoms with Crippen LogP contribution in [0, 0.1) is 0 Å². The molecule has 0 bridgehead atoms. The molecule has 3 aromatic carbocycles. The third kappa shape index (κ3) is 3.41. The molecular weight excluding hydrogens is 366 g/mol. The molecule has 4 rings (SSSR count). The van der Waals surface area contributed by atoms with Crippen LogP contribution < -0.4 is 16.1 Å². The molecule has 6 nitrogen and oxygen atoms in total. The number of carbonyl (C=O) groups excluding carboxylic acids is 1. The molecule has 0 radical (unpaired) electrons. The highest BCUT2D eigenvalue weighted by Gasteiger charge is 2.19. The van der Waals surface area contributed by atoms with Crippen LogP contribution in [-0.4, -0.2) is 11.6 Å². The number of carbonyl (C=O) groups is 1. The molecular formula is C20H14ClN3O3. The molecule has 0 fully saturated rings. The van der Waals surface area contributed by atoms with Gasteiger partial charge in [-0.2, -0.15) is 10.8 Å². The Labute approximate surface area is 160 Å². The van der Waals surface area contributed by atoms with E-state index in [1.165, 1.54) is 0 Å². The summed E-state index contributed by atoms with van der Waals surface area (Å²) in [7, 11) is 0. The molecule has 0 spiro atoms. The highest BCUT2D eigenvalue weighted by atomic mass is 35.5. The molecule has 0 aromatic heterocycles. The zero-order valence-corrected chi connectivity index (χ0v) is 14.7. The quantitative estimate of drug-likeness (QED) is 0.523. The normalized spacial score (nSPS) is 12.1. The summed E-state index contributed by atoms with van der Waals surface area (Å²) in [6.45, 7) is 0. The number of nitrogens with one attached hydrogen (secondary N) is 1. The van der Waals surface area contributed by atoms with Gasteiger partial charge in [-0.1, -0.05) is 35.9 Å². The van der Waals surface area contributed by atoms with Crippen LogP contribution in [0.3, 0.4) is 0 Å². The topological polar surface area (TPSA) is 85.9 Å². The number of nitrogens with zero attached hydrogens (tertiary/aromatic N) is 1. The van der Waals surface area contributed by atoms with Crippen molar-refractivity contribution < 1.29 is 14.5 Å². The first-order valence-electron chi connectivity index (χ1n) is 8.08. The van der Waals surface area contributed by atoms with E-state index in [9.17, 15) is 4.79 Å². The number of ether oxygens (including phenoxy) is 1. The summed E-state index contributed by atoms with van der Waals surface area (Å²) >= 11 is 6.10. The zero-order chi connectivity index (χ0) is 18.8. The van der Waals surface area contributed by atoms with Crippen molar-refractivity contribution in [2.75, 3.05) is 0 Å². The van der Waals surface area contributed by atoms with E-state index in [2.05, 4.69) is 10.4 Å². The molecule has 134 valence electrons. The lowest BCUT2D eigenvalue weighted by atomic mass is 10.00. The van der Waals surface area contributed by atoms with Crippen molar-refractivity contribution in [3.63, 3.8) is 0 Å². The van der Waals surface area contributed by atoms with Crippen molar-refractivity contribution >= 4 is 28.9 Å². The molecule has 27 heavy (non-hydrogen) atoms. The van der Waals surface area contributed by atoms with E-state index < -0.39 is 5.91 Å². The van der Waals surface area contributed by atoms with Gasteiger partial charge in [0.1, 0.15) is 11.4 Å². The van der Waals surface area contributed by atoms with Gasteiger partial charge in [-0.15, -0.1) is 0 Å². The summed E-state index contributed by atoms with van der Waals surface area (Å²) in [5.74, 6) is 5.69. The first-order valence-corrected chi connectivity index (χ1v) is 8.45. The highest BCUT2D eigenvalue weighted by Crippen LogP contribution is 2.40. The molecule has 1 aliphatic rings. The van der Waals surface area contributed by atoms with Crippen molar-refractivity contribution in [1.82, 2.24) is 5.48 Å². The lowest BCUT2D eigenvalue weighted by Crippen LogP contribution is -2.26. The number of hydroxylamine groups is 1. The summed E-state index contributed by atoms with van der Waals surface area (Å²) in [6.07, 6.45) is 0. The van der Waals surface area contributed by atoms with Crippen molar-refractivity contribution in [2.24, 2.45) is 10.9 Å². The monoisotopic (exact) mass is 379 g/mol. The van der Waals surface area contributed by atoms with Crippen LogP contribution in [0.25, 0.3) is 0 Å². The van der Waals surface area contributed by atoms with Gasteiger partial charge in [-0.25, -0.2) is 10.5 Å². The Kier molecular flexibility index (Phi) is 4.60. The Hall–Kier alpha value is -3.19. The summed E-state index contributed by atoms with van der Waals surface area (Å²) < 4.78 is 6.04. The van der Waals surface area contributed by atoms with Gasteiger partial charge in [0, 0.05) is 27.8 Å². The molecule has 3 N–H and O–H groups in total.